The molecule has 0 saturated carbocycles. The smallest absolute Gasteiger partial charge is 0.0620 e. The summed E-state index contributed by atoms with van der Waals surface area (Å²) < 4.78 is 3.51. The minimum atomic E-state index is 0. The molecular formula is C2H3KN2S. The van der Waals surface area contributed by atoms with Crippen molar-refractivity contribution in [2.45, 2.75) is 0 Å². The van der Waals surface area contributed by atoms with E-state index in [4.69, 9.17) is 0 Å². The molecule has 0 fully saturated rings. The fraction of sp³-hybridized carbons (Fsp3) is 0. The zero-order valence-corrected chi connectivity index (χ0v) is 3.27. The molecule has 0 atom stereocenters. The van der Waals surface area contributed by atoms with Crippen LogP contribution in [0.25, 0.3) is 0 Å². The van der Waals surface area contributed by atoms with Crippen LogP contribution in [-0.4, -0.2) is 61.0 Å². The van der Waals surface area contributed by atoms with Gasteiger partial charge >= 0.3 is 51.4 Å². The van der Waals surface area contributed by atoms with Gasteiger partial charge in [-0.1, -0.05) is 4.49 Å². The first-order valence-corrected chi connectivity index (χ1v) is 2.05. The molecule has 0 amide bonds. The Morgan fingerprint density at radius 3 is 2.50 bits per heavy atom. The molecule has 1 aromatic heterocycles. The number of nitrogens with zero attached hydrogens (tertiary/aromatic N) is 2. The zero-order valence-electron chi connectivity index (χ0n) is 2.46. The summed E-state index contributed by atoms with van der Waals surface area (Å²) in [7, 11) is 0. The Morgan fingerprint density at radius 1 is 1.50 bits per heavy atom. The van der Waals surface area contributed by atoms with E-state index in [2.05, 4.69) is 9.59 Å². The van der Waals surface area contributed by atoms with Crippen molar-refractivity contribution in [1.29, 1.82) is 0 Å². The minimum Gasteiger partial charge on any atom is -0.147 e. The molecule has 0 bridgehead atoms. The van der Waals surface area contributed by atoms with Crippen LogP contribution in [-0.2, 0) is 0 Å². The van der Waals surface area contributed by atoms with Gasteiger partial charge in [-0.05, 0) is 11.5 Å². The second-order valence-electron chi connectivity index (χ2n) is 0.588. The van der Waals surface area contributed by atoms with Crippen molar-refractivity contribution in [3.8, 4) is 0 Å². The predicted octanol–water partition coefficient (Wildman–Crippen LogP) is -0.110. The Hall–Kier alpha value is 1.20. The molecule has 28 valence electrons. The summed E-state index contributed by atoms with van der Waals surface area (Å²) in [4.78, 5) is 0. The molecule has 0 unspecified atom stereocenters. The maximum atomic E-state index is 3.51. The van der Waals surface area contributed by atoms with Crippen molar-refractivity contribution >= 4 is 62.9 Å². The topological polar surface area (TPSA) is 25.8 Å². The summed E-state index contributed by atoms with van der Waals surface area (Å²) in [6, 6.07) is 0. The molecule has 4 heteroatoms. The molecule has 0 aliphatic carbocycles. The van der Waals surface area contributed by atoms with E-state index in [0.717, 1.165) is 0 Å². The van der Waals surface area contributed by atoms with Gasteiger partial charge in [-0.15, -0.1) is 5.10 Å². The van der Waals surface area contributed by atoms with E-state index in [0.29, 0.717) is 0 Å². The van der Waals surface area contributed by atoms with Gasteiger partial charge in [-0.2, -0.15) is 0 Å². The van der Waals surface area contributed by atoms with Gasteiger partial charge in [0.05, 0.1) is 6.20 Å². The van der Waals surface area contributed by atoms with Crippen LogP contribution >= 0.6 is 11.5 Å². The van der Waals surface area contributed by atoms with E-state index < -0.39 is 0 Å². The zero-order chi connectivity index (χ0) is 3.54. The van der Waals surface area contributed by atoms with Gasteiger partial charge in [0.2, 0.25) is 0 Å². The van der Waals surface area contributed by atoms with Crippen LogP contribution in [0.3, 0.4) is 0 Å². The Balaban J connectivity index is 0.000000250. The van der Waals surface area contributed by atoms with Gasteiger partial charge in [0.25, 0.3) is 0 Å². The molecule has 0 aliphatic heterocycles. The maximum absolute atomic E-state index is 3.51. The summed E-state index contributed by atoms with van der Waals surface area (Å²) in [5.41, 5.74) is 0. The Kier molecular flexibility index (Phi) is 5.23. The normalized spacial score (nSPS) is 6.67. The van der Waals surface area contributed by atoms with E-state index >= 15 is 0 Å². The summed E-state index contributed by atoms with van der Waals surface area (Å²) in [6.07, 6.45) is 1.66. The van der Waals surface area contributed by atoms with Crippen LogP contribution < -0.4 is 0 Å². The van der Waals surface area contributed by atoms with Crippen LogP contribution in [0.4, 0.5) is 0 Å². The second-order valence-corrected chi connectivity index (χ2v) is 1.23. The molecule has 1 heterocycles. The SMILES string of the molecule is [KH].c1csnn1. The van der Waals surface area contributed by atoms with Gasteiger partial charge in [-0.25, -0.2) is 0 Å². The fourth-order valence-electron chi connectivity index (χ4n) is 0.136. The predicted molar refractivity (Wildman–Crippen MR) is 27.1 cm³/mol. The molecule has 6 heavy (non-hydrogen) atoms. The monoisotopic (exact) mass is 126 g/mol. The van der Waals surface area contributed by atoms with E-state index in [1.165, 1.54) is 11.5 Å². The van der Waals surface area contributed by atoms with Gasteiger partial charge < -0.3 is 0 Å². The van der Waals surface area contributed by atoms with E-state index in [1.54, 1.807) is 6.20 Å². The van der Waals surface area contributed by atoms with Crippen molar-refractivity contribution in [1.82, 2.24) is 9.59 Å². The van der Waals surface area contributed by atoms with Crippen LogP contribution in [0.2, 0.25) is 0 Å². The van der Waals surface area contributed by atoms with Crippen molar-refractivity contribution in [3.63, 3.8) is 0 Å². The van der Waals surface area contributed by atoms with Gasteiger partial charge in [0, 0.05) is 5.38 Å². The quantitative estimate of drug-likeness (QED) is 0.453. The molecule has 0 aromatic carbocycles. The van der Waals surface area contributed by atoms with Crippen LogP contribution in [0.1, 0.15) is 0 Å². The molecule has 0 aliphatic rings. The molecule has 0 radical (unpaired) electrons. The summed E-state index contributed by atoms with van der Waals surface area (Å²) in [5.74, 6) is 0. The third-order valence-electron chi connectivity index (χ3n) is 0.283. The van der Waals surface area contributed by atoms with E-state index in [9.17, 15) is 0 Å². The Bertz CT molecular complexity index is 68.0. The molecule has 1 rings (SSSR count). The molecule has 1 aromatic rings. The first-order valence-electron chi connectivity index (χ1n) is 1.21. The van der Waals surface area contributed by atoms with Crippen LogP contribution in [0.5, 0.6) is 0 Å². The van der Waals surface area contributed by atoms with E-state index in [1.807, 2.05) is 5.38 Å². The average molecular weight is 126 g/mol. The number of hydrogen-bond acceptors (Lipinski definition) is 3. The van der Waals surface area contributed by atoms with Crippen molar-refractivity contribution in [2.24, 2.45) is 0 Å². The minimum absolute atomic E-state index is 0. The molecular weight excluding hydrogens is 123 g/mol. The van der Waals surface area contributed by atoms with Gasteiger partial charge in [-0.3, -0.25) is 0 Å². The Labute approximate surface area is 82.5 Å². The van der Waals surface area contributed by atoms with Gasteiger partial charge in [0.1, 0.15) is 0 Å². The van der Waals surface area contributed by atoms with Crippen LogP contribution in [0.15, 0.2) is 11.6 Å². The second kappa shape index (κ2) is 4.36. The van der Waals surface area contributed by atoms with Crippen molar-refractivity contribution < 1.29 is 0 Å². The van der Waals surface area contributed by atoms with Crippen LogP contribution in [0, 0.1) is 0 Å². The average Bonchev–Trinajstić information content (AvgIpc) is 1.76. The van der Waals surface area contributed by atoms with Crippen molar-refractivity contribution in [3.05, 3.63) is 11.6 Å². The summed E-state index contributed by atoms with van der Waals surface area (Å²) in [5, 5.41) is 5.31. The first-order chi connectivity index (χ1) is 2.50. The maximum Gasteiger partial charge on any atom is 0.0620 e. The summed E-state index contributed by atoms with van der Waals surface area (Å²) in [6.45, 7) is 0. The fourth-order valence-corrected chi connectivity index (χ4v) is 0.408. The third kappa shape index (κ3) is 2.38. The Morgan fingerprint density at radius 2 is 2.33 bits per heavy atom. The molecule has 0 spiro atoms. The number of rotatable bonds is 0. The summed E-state index contributed by atoms with van der Waals surface area (Å²) >= 11 is 1.35. The number of hydrogen-bond donors (Lipinski definition) is 0. The largest absolute Gasteiger partial charge is 0.147 e. The number of aromatic nitrogens is 2. The third-order valence-corrected chi connectivity index (χ3v) is 0.715. The van der Waals surface area contributed by atoms with Gasteiger partial charge in [0.15, 0.2) is 0 Å². The first kappa shape index (κ1) is 7.20. The molecule has 2 nitrogen and oxygen atoms in total. The van der Waals surface area contributed by atoms with Crippen molar-refractivity contribution in [2.75, 3.05) is 0 Å². The van der Waals surface area contributed by atoms with E-state index in [-0.39, 0.29) is 51.4 Å². The standard InChI is InChI=1S/C2H2N2S.K.H/c1-2-5-4-3-1;;/h1-2H;;. The molecule has 0 N–H and O–H groups in total. The molecule has 0 saturated heterocycles.